The van der Waals surface area contributed by atoms with Crippen molar-refractivity contribution >= 4 is 60.7 Å². The fourth-order valence-electron chi connectivity index (χ4n) is 7.46. The van der Waals surface area contributed by atoms with E-state index in [0.29, 0.717) is 5.84 Å². The van der Waals surface area contributed by atoms with Gasteiger partial charge in [0.1, 0.15) is 16.9 Å². The molecule has 0 radical (unpaired) electrons. The van der Waals surface area contributed by atoms with E-state index in [4.69, 9.17) is 14.4 Å². The lowest BCUT2D eigenvalue weighted by atomic mass is 9.92. The van der Waals surface area contributed by atoms with Gasteiger partial charge in [-0.1, -0.05) is 157 Å². The highest BCUT2D eigenvalue weighted by Crippen LogP contribution is 2.42. The molecule has 10 rings (SSSR count). The molecule has 0 aliphatic carbocycles. The predicted molar refractivity (Wildman–Crippen MR) is 217 cm³/mol. The summed E-state index contributed by atoms with van der Waals surface area (Å²) in [6.07, 6.45) is 1.97. The van der Waals surface area contributed by atoms with Crippen LogP contribution in [0.1, 0.15) is 16.7 Å². The molecule has 8 aromatic carbocycles. The molecule has 3 nitrogen and oxygen atoms in total. The summed E-state index contributed by atoms with van der Waals surface area (Å²) in [6.45, 7) is 0. The lowest BCUT2D eigenvalue weighted by Gasteiger charge is -2.14. The lowest BCUT2D eigenvalue weighted by molar-refractivity contribution is 0.670. The van der Waals surface area contributed by atoms with Gasteiger partial charge in [-0.15, -0.1) is 0 Å². The molecule has 0 N–H and O–H groups in total. The van der Waals surface area contributed by atoms with Crippen molar-refractivity contribution < 1.29 is 4.42 Å². The highest BCUT2D eigenvalue weighted by atomic mass is 16.3. The molecule has 0 bridgehead atoms. The smallest absolute Gasteiger partial charge is 0.161 e. The summed E-state index contributed by atoms with van der Waals surface area (Å²) >= 11 is 0. The average molecular weight is 663 g/mol. The van der Waals surface area contributed by atoms with Crippen molar-refractivity contribution in [3.8, 4) is 22.3 Å². The molecule has 0 saturated heterocycles. The van der Waals surface area contributed by atoms with Crippen LogP contribution >= 0.6 is 0 Å². The molecular formula is C49H30N2O. The number of benzene rings is 8. The van der Waals surface area contributed by atoms with Gasteiger partial charge in [-0.2, -0.15) is 0 Å². The molecule has 0 fully saturated rings. The summed E-state index contributed by atoms with van der Waals surface area (Å²) in [4.78, 5) is 10.6. The Balaban J connectivity index is 1.21. The van der Waals surface area contributed by atoms with Crippen LogP contribution in [-0.4, -0.2) is 11.5 Å². The standard InChI is InChI=1S/C49H30N2O/c1-4-15-33(16-5-1)43-27-28-44(40-26-24-32-14-10-12-22-38(32)46(40)34-17-6-2-7-18-34)51-49(50-43)37-25-29-45-41(31-37)42-30-36-21-11-13-23-39(36)47(48(42)52-45)35-19-8-3-9-20-35/h1-27,29-31H. The summed E-state index contributed by atoms with van der Waals surface area (Å²) in [7, 11) is 0. The molecule has 1 aliphatic heterocycles. The fourth-order valence-corrected chi connectivity index (χ4v) is 7.46. The largest absolute Gasteiger partial charge is 0.455 e. The Kier molecular flexibility index (Phi) is 7.09. The summed E-state index contributed by atoms with van der Waals surface area (Å²) in [5.74, 6) is 0.614. The van der Waals surface area contributed by atoms with E-state index in [1.165, 1.54) is 10.8 Å². The first kappa shape index (κ1) is 29.8. The minimum absolute atomic E-state index is 0.614. The first-order valence-corrected chi connectivity index (χ1v) is 17.5. The number of rotatable bonds is 5. The van der Waals surface area contributed by atoms with Crippen molar-refractivity contribution in [1.29, 1.82) is 0 Å². The maximum atomic E-state index is 6.70. The molecular weight excluding hydrogens is 633 g/mol. The normalized spacial score (nSPS) is 13.0. The molecule has 0 unspecified atom stereocenters. The minimum Gasteiger partial charge on any atom is -0.455 e. The Hall–Kier alpha value is -7.06. The van der Waals surface area contributed by atoms with Crippen LogP contribution in [0.4, 0.5) is 0 Å². The van der Waals surface area contributed by atoms with E-state index in [9.17, 15) is 0 Å². The number of furan rings is 1. The van der Waals surface area contributed by atoms with Crippen LogP contribution in [0, 0.1) is 0 Å². The van der Waals surface area contributed by atoms with Crippen LogP contribution in [0.3, 0.4) is 0 Å². The van der Waals surface area contributed by atoms with E-state index in [-0.39, 0.29) is 0 Å². The fraction of sp³-hybridized carbons (Fsp3) is 0. The van der Waals surface area contributed by atoms with Gasteiger partial charge in [0.05, 0.1) is 5.71 Å². The number of hydrogen-bond acceptors (Lipinski definition) is 3. The van der Waals surface area contributed by atoms with E-state index in [0.717, 1.165) is 83.1 Å². The summed E-state index contributed by atoms with van der Waals surface area (Å²) in [5.41, 5.74) is 14.2. The zero-order valence-corrected chi connectivity index (χ0v) is 28.1. The molecule has 0 spiro atoms. The van der Waals surface area contributed by atoms with Gasteiger partial charge in [0.15, 0.2) is 5.84 Å². The Morgan fingerprint density at radius 2 is 1.04 bits per heavy atom. The molecule has 1 aromatic heterocycles. The first-order chi connectivity index (χ1) is 25.8. The number of aliphatic imine (C=N–C) groups is 2. The van der Waals surface area contributed by atoms with Gasteiger partial charge in [0.2, 0.25) is 0 Å². The van der Waals surface area contributed by atoms with Gasteiger partial charge >= 0.3 is 0 Å². The van der Waals surface area contributed by atoms with Crippen molar-refractivity contribution in [3.63, 3.8) is 0 Å². The maximum absolute atomic E-state index is 6.70. The van der Waals surface area contributed by atoms with Crippen molar-refractivity contribution in [2.75, 3.05) is 0 Å². The summed E-state index contributed by atoms with van der Waals surface area (Å²) < 4.78 is 6.70. The van der Waals surface area contributed by atoms with Gasteiger partial charge < -0.3 is 4.42 Å². The molecule has 9 aromatic rings. The Morgan fingerprint density at radius 3 is 1.77 bits per heavy atom. The van der Waals surface area contributed by atoms with Crippen LogP contribution in [-0.2, 0) is 0 Å². The highest BCUT2D eigenvalue weighted by Gasteiger charge is 2.20. The van der Waals surface area contributed by atoms with Crippen molar-refractivity contribution in [1.82, 2.24) is 0 Å². The Labute approximate surface area is 300 Å². The van der Waals surface area contributed by atoms with Crippen molar-refractivity contribution in [2.24, 2.45) is 9.98 Å². The van der Waals surface area contributed by atoms with Gasteiger partial charge in [-0.25, -0.2) is 9.98 Å². The third kappa shape index (κ3) is 5.08. The third-order valence-corrected chi connectivity index (χ3v) is 9.91. The number of amidine groups is 1. The quantitative estimate of drug-likeness (QED) is 0.169. The molecule has 0 amide bonds. The van der Waals surface area contributed by atoms with Gasteiger partial charge in [-0.05, 0) is 62.5 Å². The summed E-state index contributed by atoms with van der Waals surface area (Å²) in [5, 5.41) is 6.75. The van der Waals surface area contributed by atoms with E-state index < -0.39 is 0 Å². The second kappa shape index (κ2) is 12.4. The molecule has 1 aliphatic rings. The zero-order valence-electron chi connectivity index (χ0n) is 28.1. The Morgan fingerprint density at radius 1 is 0.423 bits per heavy atom. The van der Waals surface area contributed by atoms with Crippen molar-refractivity contribution in [2.45, 2.75) is 0 Å². The van der Waals surface area contributed by atoms with Gasteiger partial charge in [-0.3, -0.25) is 0 Å². The molecule has 0 atom stereocenters. The SMILES string of the molecule is C1=CC(c2ccccc2)=NC(c2ccc3oc4c(-c5ccccc5)c5ccccc5cc4c3c2)=NC=1c1ccc2ccccc2c1-c1ccccc1. The average Bonchev–Trinajstić information content (AvgIpc) is 3.42. The number of hydrogen-bond donors (Lipinski definition) is 0. The van der Waals surface area contributed by atoms with E-state index in [1.54, 1.807) is 0 Å². The molecule has 3 heteroatoms. The highest BCUT2D eigenvalue weighted by molar-refractivity contribution is 6.22. The molecule has 52 heavy (non-hydrogen) atoms. The number of fused-ring (bicyclic) bond motifs is 5. The number of nitrogens with zero attached hydrogens (tertiary/aromatic N) is 2. The van der Waals surface area contributed by atoms with E-state index >= 15 is 0 Å². The minimum atomic E-state index is 0.614. The van der Waals surface area contributed by atoms with Crippen molar-refractivity contribution in [3.05, 3.63) is 204 Å². The van der Waals surface area contributed by atoms with Crippen LogP contribution in [0.2, 0.25) is 0 Å². The van der Waals surface area contributed by atoms with Crippen LogP contribution in [0.25, 0.3) is 71.4 Å². The Bertz CT molecular complexity index is 2960. The lowest BCUT2D eigenvalue weighted by Crippen LogP contribution is -2.04. The molecule has 242 valence electrons. The maximum Gasteiger partial charge on any atom is 0.161 e. The monoisotopic (exact) mass is 662 g/mol. The zero-order chi connectivity index (χ0) is 34.4. The molecule has 0 saturated carbocycles. The summed E-state index contributed by atoms with van der Waals surface area (Å²) in [6, 6.07) is 61.2. The predicted octanol–water partition coefficient (Wildman–Crippen LogP) is 12.7. The van der Waals surface area contributed by atoms with Gasteiger partial charge in [0.25, 0.3) is 0 Å². The second-order valence-electron chi connectivity index (χ2n) is 13.0. The van der Waals surface area contributed by atoms with Crippen LogP contribution in [0.15, 0.2) is 202 Å². The first-order valence-electron chi connectivity index (χ1n) is 17.5. The molecule has 2 heterocycles. The van der Waals surface area contributed by atoms with Gasteiger partial charge in [0, 0.05) is 39.1 Å². The topological polar surface area (TPSA) is 37.9 Å². The van der Waals surface area contributed by atoms with Crippen LogP contribution < -0.4 is 0 Å². The third-order valence-electron chi connectivity index (χ3n) is 9.91. The van der Waals surface area contributed by atoms with E-state index in [1.807, 2.05) is 30.3 Å². The number of allylic oxidation sites excluding steroid dienone is 1. The van der Waals surface area contributed by atoms with Crippen LogP contribution in [0.5, 0.6) is 0 Å². The van der Waals surface area contributed by atoms with E-state index in [2.05, 4.69) is 157 Å². The second-order valence-corrected chi connectivity index (χ2v) is 13.0.